The first-order valence-electron chi connectivity index (χ1n) is 10.3. The average molecular weight is 461 g/mol. The van der Waals surface area contributed by atoms with Crippen molar-refractivity contribution < 1.29 is 4.74 Å². The van der Waals surface area contributed by atoms with E-state index in [1.807, 2.05) is 61.0 Å². The highest BCUT2D eigenvalue weighted by Crippen LogP contribution is 2.25. The van der Waals surface area contributed by atoms with E-state index in [2.05, 4.69) is 36.9 Å². The van der Waals surface area contributed by atoms with Crippen molar-refractivity contribution in [3.05, 3.63) is 77.3 Å². The molecule has 0 unspecified atom stereocenters. The molecule has 3 aromatic heterocycles. The molecule has 0 saturated carbocycles. The zero-order chi connectivity index (χ0) is 22.8. The van der Waals surface area contributed by atoms with Gasteiger partial charge in [0.1, 0.15) is 5.75 Å². The summed E-state index contributed by atoms with van der Waals surface area (Å²) in [4.78, 5) is 12.8. The van der Waals surface area contributed by atoms with Crippen LogP contribution >= 0.6 is 11.6 Å². The number of aryl methyl sites for hydroxylation is 2. The second-order valence-corrected chi connectivity index (χ2v) is 7.93. The molecule has 0 fully saturated rings. The number of imidazole rings is 1. The predicted molar refractivity (Wildman–Crippen MR) is 128 cm³/mol. The van der Waals surface area contributed by atoms with E-state index in [1.54, 1.807) is 0 Å². The second kappa shape index (κ2) is 8.79. The monoisotopic (exact) mass is 460 g/mol. The van der Waals surface area contributed by atoms with Crippen molar-refractivity contribution in [3.8, 4) is 11.6 Å². The van der Waals surface area contributed by atoms with E-state index in [4.69, 9.17) is 21.3 Å². The Morgan fingerprint density at radius 2 is 1.91 bits per heavy atom. The van der Waals surface area contributed by atoms with Gasteiger partial charge >= 0.3 is 0 Å². The summed E-state index contributed by atoms with van der Waals surface area (Å²) in [7, 11) is 1.99. The van der Waals surface area contributed by atoms with Crippen LogP contribution < -0.4 is 15.4 Å². The van der Waals surface area contributed by atoms with Gasteiger partial charge in [0.25, 0.3) is 0 Å². The molecule has 10 heteroatoms. The maximum atomic E-state index is 5.85. The number of aromatic nitrogens is 6. The van der Waals surface area contributed by atoms with E-state index in [-0.39, 0.29) is 5.15 Å². The summed E-state index contributed by atoms with van der Waals surface area (Å²) in [6.07, 6.45) is 2.98. The molecule has 9 nitrogen and oxygen atoms in total. The molecule has 166 valence electrons. The van der Waals surface area contributed by atoms with E-state index in [9.17, 15) is 0 Å². The molecule has 0 aliphatic carbocycles. The largest absolute Gasteiger partial charge is 0.437 e. The zero-order valence-electron chi connectivity index (χ0n) is 18.0. The smallest absolute Gasteiger partial charge is 0.239 e. The van der Waals surface area contributed by atoms with Crippen LogP contribution in [0.15, 0.2) is 60.9 Å². The fraction of sp³-hybridized carbons (Fsp3) is 0.130. The number of H-pyrrole nitrogens is 1. The fourth-order valence-corrected chi connectivity index (χ4v) is 3.55. The number of anilines is 3. The van der Waals surface area contributed by atoms with Crippen LogP contribution in [-0.4, -0.2) is 29.7 Å². The Morgan fingerprint density at radius 1 is 1.06 bits per heavy atom. The van der Waals surface area contributed by atoms with Crippen LogP contribution in [0.25, 0.3) is 11.0 Å². The van der Waals surface area contributed by atoms with Gasteiger partial charge in [-0.2, -0.15) is 10.1 Å². The molecule has 0 radical (unpaired) electrons. The molecule has 5 aromatic rings. The molecule has 0 atom stereocenters. The van der Waals surface area contributed by atoms with Gasteiger partial charge < -0.3 is 19.9 Å². The van der Waals surface area contributed by atoms with E-state index in [0.29, 0.717) is 18.2 Å². The van der Waals surface area contributed by atoms with Crippen molar-refractivity contribution in [1.82, 2.24) is 29.7 Å². The zero-order valence-corrected chi connectivity index (χ0v) is 18.8. The Balaban J connectivity index is 1.25. The van der Waals surface area contributed by atoms with Gasteiger partial charge in [0.2, 0.25) is 11.8 Å². The number of nitrogens with zero attached hydrogens (tertiary/aromatic N) is 5. The quantitative estimate of drug-likeness (QED) is 0.306. The van der Waals surface area contributed by atoms with E-state index in [0.717, 1.165) is 39.7 Å². The number of benzene rings is 2. The minimum Gasteiger partial charge on any atom is -0.437 e. The number of nitrogens with one attached hydrogen (secondary N) is 3. The molecule has 5 rings (SSSR count). The Hall–Kier alpha value is -4.11. The molecular weight excluding hydrogens is 440 g/mol. The lowest BCUT2D eigenvalue weighted by Crippen LogP contribution is -2.05. The van der Waals surface area contributed by atoms with Gasteiger partial charge in [-0.1, -0.05) is 23.7 Å². The molecule has 3 heterocycles. The van der Waals surface area contributed by atoms with Crippen molar-refractivity contribution in [2.75, 3.05) is 10.6 Å². The van der Waals surface area contributed by atoms with Crippen LogP contribution in [0.4, 0.5) is 17.5 Å². The molecule has 0 amide bonds. The third kappa shape index (κ3) is 4.73. The van der Waals surface area contributed by atoms with E-state index < -0.39 is 0 Å². The van der Waals surface area contributed by atoms with Crippen LogP contribution in [0.3, 0.4) is 0 Å². The van der Waals surface area contributed by atoms with Gasteiger partial charge in [0.05, 0.1) is 23.4 Å². The molecular formula is C23H21ClN8O. The lowest BCUT2D eigenvalue weighted by Gasteiger charge is -2.08. The highest BCUT2D eigenvalue weighted by atomic mass is 35.5. The number of aromatic amines is 1. The fourth-order valence-electron chi connectivity index (χ4n) is 3.41. The van der Waals surface area contributed by atoms with E-state index >= 15 is 0 Å². The average Bonchev–Trinajstić information content (AvgIpc) is 3.36. The maximum Gasteiger partial charge on any atom is 0.239 e. The Kier molecular flexibility index (Phi) is 5.54. The molecule has 0 aliphatic heterocycles. The third-order valence-electron chi connectivity index (χ3n) is 5.04. The summed E-state index contributed by atoms with van der Waals surface area (Å²) in [5.74, 6) is 2.57. The summed E-state index contributed by atoms with van der Waals surface area (Å²) in [6, 6.07) is 15.7. The molecule has 3 N–H and O–H groups in total. The number of ether oxygens (including phenoxy) is 1. The van der Waals surface area contributed by atoms with Crippen molar-refractivity contribution >= 4 is 40.1 Å². The van der Waals surface area contributed by atoms with Gasteiger partial charge in [0.15, 0.2) is 11.0 Å². The summed E-state index contributed by atoms with van der Waals surface area (Å²) in [6.45, 7) is 2.58. The summed E-state index contributed by atoms with van der Waals surface area (Å²) < 4.78 is 7.72. The van der Waals surface area contributed by atoms with Crippen molar-refractivity contribution in [3.63, 3.8) is 0 Å². The van der Waals surface area contributed by atoms with Crippen LogP contribution in [0.2, 0.25) is 5.15 Å². The van der Waals surface area contributed by atoms with Gasteiger partial charge in [-0.15, -0.1) is 0 Å². The first-order valence-corrected chi connectivity index (χ1v) is 10.6. The second-order valence-electron chi connectivity index (χ2n) is 7.54. The summed E-state index contributed by atoms with van der Waals surface area (Å²) >= 11 is 5.85. The van der Waals surface area contributed by atoms with Crippen molar-refractivity contribution in [2.24, 2.45) is 7.05 Å². The SMILES string of the molecule is Cc1cc(Nc2ccc3nc(NCc4ccc(Oc5cncc(Cl)n5)cc4)n(C)c3c2)n[nH]1. The lowest BCUT2D eigenvalue weighted by molar-refractivity contribution is 0.460. The highest BCUT2D eigenvalue weighted by Gasteiger charge is 2.09. The Bertz CT molecular complexity index is 1410. The molecule has 0 spiro atoms. The van der Waals surface area contributed by atoms with E-state index in [1.165, 1.54) is 12.4 Å². The molecule has 33 heavy (non-hydrogen) atoms. The Labute approximate surface area is 194 Å². The number of rotatable bonds is 7. The molecule has 0 aliphatic rings. The maximum absolute atomic E-state index is 5.85. The molecule has 0 bridgehead atoms. The standard InChI is InChI=1S/C23H21ClN8O/c1-14-9-21(31-30-14)27-16-5-8-18-19(10-16)32(2)23(28-18)26-11-15-3-6-17(7-4-15)33-22-13-25-12-20(24)29-22/h3-10,12-13H,11H2,1-2H3,(H,26,28)(H2,27,30,31). The van der Waals surface area contributed by atoms with Gasteiger partial charge in [-0.3, -0.25) is 10.1 Å². The topological polar surface area (TPSA) is 106 Å². The van der Waals surface area contributed by atoms with Gasteiger partial charge in [-0.05, 0) is 42.8 Å². The van der Waals surface area contributed by atoms with Crippen LogP contribution in [0.1, 0.15) is 11.3 Å². The highest BCUT2D eigenvalue weighted by molar-refractivity contribution is 6.29. The third-order valence-corrected chi connectivity index (χ3v) is 5.22. The summed E-state index contributed by atoms with van der Waals surface area (Å²) in [5, 5.41) is 14.1. The van der Waals surface area contributed by atoms with Gasteiger partial charge in [0, 0.05) is 31.0 Å². The van der Waals surface area contributed by atoms with Crippen LogP contribution in [0, 0.1) is 6.92 Å². The first kappa shape index (κ1) is 20.8. The minimum atomic E-state index is 0.287. The minimum absolute atomic E-state index is 0.287. The first-order chi connectivity index (χ1) is 16.0. The lowest BCUT2D eigenvalue weighted by atomic mass is 10.2. The summed E-state index contributed by atoms with van der Waals surface area (Å²) in [5.41, 5.74) is 4.96. The molecule has 0 saturated heterocycles. The van der Waals surface area contributed by atoms with Crippen LogP contribution in [-0.2, 0) is 13.6 Å². The number of halogens is 1. The van der Waals surface area contributed by atoms with Crippen LogP contribution in [0.5, 0.6) is 11.6 Å². The number of hydrogen-bond acceptors (Lipinski definition) is 7. The number of hydrogen-bond donors (Lipinski definition) is 3. The molecule has 2 aromatic carbocycles. The normalized spacial score (nSPS) is 11.0. The predicted octanol–water partition coefficient (Wildman–Crippen LogP) is 5.20. The van der Waals surface area contributed by atoms with Gasteiger partial charge in [-0.25, -0.2) is 4.98 Å². The number of fused-ring (bicyclic) bond motifs is 1. The van der Waals surface area contributed by atoms with Crippen molar-refractivity contribution in [2.45, 2.75) is 13.5 Å². The Morgan fingerprint density at radius 3 is 2.67 bits per heavy atom. The van der Waals surface area contributed by atoms with Crippen molar-refractivity contribution in [1.29, 1.82) is 0 Å².